The molecule has 1 aromatic rings. The van der Waals surface area contributed by atoms with Crippen LogP contribution in [0.5, 0.6) is 0 Å². The van der Waals surface area contributed by atoms with E-state index in [0.29, 0.717) is 12.1 Å². The first-order valence-electron chi connectivity index (χ1n) is 5.49. The van der Waals surface area contributed by atoms with E-state index < -0.39 is 32.4 Å². The summed E-state index contributed by atoms with van der Waals surface area (Å²) in [6.45, 7) is -0.255. The summed E-state index contributed by atoms with van der Waals surface area (Å²) >= 11 is 0. The molecule has 0 amide bonds. The number of carbonyl (C=O) groups is 1. The Morgan fingerprint density at radius 1 is 1.00 bits per heavy atom. The molecule has 1 fully saturated rings. The van der Waals surface area contributed by atoms with Gasteiger partial charge in [0.05, 0.1) is 0 Å². The van der Waals surface area contributed by atoms with E-state index in [0.717, 1.165) is 4.31 Å². The highest BCUT2D eigenvalue weighted by Crippen LogP contribution is 2.25. The third-order valence-corrected chi connectivity index (χ3v) is 4.79. The number of ketones is 1. The van der Waals surface area contributed by atoms with Gasteiger partial charge in [0.2, 0.25) is 10.0 Å². The van der Waals surface area contributed by atoms with Crippen molar-refractivity contribution in [1.29, 1.82) is 0 Å². The minimum Gasteiger partial charge on any atom is -0.300 e. The standard InChI is InChI=1S/C11H10F3NO3S/c12-7-5-9(13)11(10(14)6-7)19(17,18)15-3-1-8(16)2-4-15/h5-6H,1-4H2. The fourth-order valence-electron chi connectivity index (χ4n) is 1.88. The summed E-state index contributed by atoms with van der Waals surface area (Å²) in [4.78, 5) is 9.85. The lowest BCUT2D eigenvalue weighted by atomic mass is 10.1. The number of halogens is 3. The molecule has 0 atom stereocenters. The van der Waals surface area contributed by atoms with Crippen molar-refractivity contribution in [3.63, 3.8) is 0 Å². The van der Waals surface area contributed by atoms with Gasteiger partial charge in [-0.05, 0) is 0 Å². The fourth-order valence-corrected chi connectivity index (χ4v) is 3.41. The van der Waals surface area contributed by atoms with Gasteiger partial charge in [-0.3, -0.25) is 4.79 Å². The number of rotatable bonds is 2. The van der Waals surface area contributed by atoms with E-state index in [1.807, 2.05) is 0 Å². The lowest BCUT2D eigenvalue weighted by Crippen LogP contribution is -2.39. The zero-order valence-electron chi connectivity index (χ0n) is 9.70. The molecule has 1 saturated heterocycles. The van der Waals surface area contributed by atoms with Crippen molar-refractivity contribution in [2.24, 2.45) is 0 Å². The van der Waals surface area contributed by atoms with Gasteiger partial charge in [-0.1, -0.05) is 0 Å². The van der Waals surface area contributed by atoms with Gasteiger partial charge in [-0.15, -0.1) is 0 Å². The highest BCUT2D eigenvalue weighted by Gasteiger charge is 2.33. The molecule has 104 valence electrons. The summed E-state index contributed by atoms with van der Waals surface area (Å²) in [5, 5.41) is 0. The van der Waals surface area contributed by atoms with Gasteiger partial charge in [0.15, 0.2) is 4.90 Å². The maximum atomic E-state index is 13.5. The fraction of sp³-hybridized carbons (Fsp3) is 0.364. The molecule has 4 nitrogen and oxygen atoms in total. The van der Waals surface area contributed by atoms with Gasteiger partial charge in [-0.25, -0.2) is 21.6 Å². The summed E-state index contributed by atoms with van der Waals surface area (Å²) in [6.07, 6.45) is 0.00727. The van der Waals surface area contributed by atoms with Crippen LogP contribution in [0.4, 0.5) is 13.2 Å². The van der Waals surface area contributed by atoms with E-state index >= 15 is 0 Å². The molecule has 0 radical (unpaired) electrons. The molecule has 0 N–H and O–H groups in total. The number of Topliss-reactive ketones (excluding diaryl/α,β-unsaturated/α-hetero) is 1. The van der Waals surface area contributed by atoms with Crippen LogP contribution in [0.2, 0.25) is 0 Å². The Kier molecular flexibility index (Phi) is 3.64. The monoisotopic (exact) mass is 293 g/mol. The molecule has 0 unspecified atom stereocenters. The molecular formula is C11H10F3NO3S. The summed E-state index contributed by atoms with van der Waals surface area (Å²) in [5.41, 5.74) is 0. The molecule has 0 saturated carbocycles. The molecule has 8 heteroatoms. The number of hydrogen-bond acceptors (Lipinski definition) is 3. The van der Waals surface area contributed by atoms with E-state index in [9.17, 15) is 26.4 Å². The third-order valence-electron chi connectivity index (χ3n) is 2.84. The Bertz CT molecular complexity index is 597. The van der Waals surface area contributed by atoms with Gasteiger partial charge in [0.1, 0.15) is 23.2 Å². The van der Waals surface area contributed by atoms with Crippen molar-refractivity contribution in [2.45, 2.75) is 17.7 Å². The average molecular weight is 293 g/mol. The Hall–Kier alpha value is -1.41. The molecule has 1 aliphatic rings. The quantitative estimate of drug-likeness (QED) is 0.829. The first-order chi connectivity index (χ1) is 8.82. The molecule has 0 bridgehead atoms. The van der Waals surface area contributed by atoms with Crippen molar-refractivity contribution in [3.8, 4) is 0 Å². The van der Waals surface area contributed by atoms with Gasteiger partial charge >= 0.3 is 0 Å². The van der Waals surface area contributed by atoms with E-state index in [-0.39, 0.29) is 31.7 Å². The van der Waals surface area contributed by atoms with E-state index in [1.165, 1.54) is 0 Å². The van der Waals surface area contributed by atoms with Gasteiger partial charge in [0.25, 0.3) is 0 Å². The van der Waals surface area contributed by atoms with Crippen molar-refractivity contribution in [3.05, 3.63) is 29.6 Å². The van der Waals surface area contributed by atoms with Crippen LogP contribution in [-0.2, 0) is 14.8 Å². The molecular weight excluding hydrogens is 283 g/mol. The lowest BCUT2D eigenvalue weighted by Gasteiger charge is -2.25. The SMILES string of the molecule is O=C1CCN(S(=O)(=O)c2c(F)cc(F)cc2F)CC1. The van der Waals surface area contributed by atoms with Gasteiger partial charge in [0, 0.05) is 38.1 Å². The predicted octanol–water partition coefficient (Wildman–Crippen LogP) is 1.46. The average Bonchev–Trinajstić information content (AvgIpc) is 2.27. The third kappa shape index (κ3) is 2.64. The molecule has 0 spiro atoms. The zero-order valence-corrected chi connectivity index (χ0v) is 10.5. The molecule has 1 aromatic carbocycles. The number of benzene rings is 1. The molecule has 1 aliphatic heterocycles. The van der Waals surface area contributed by atoms with Gasteiger partial charge in [-0.2, -0.15) is 4.31 Å². The molecule has 19 heavy (non-hydrogen) atoms. The minimum absolute atomic E-state index is 0.00363. The first-order valence-corrected chi connectivity index (χ1v) is 6.93. The van der Waals surface area contributed by atoms with Crippen LogP contribution in [-0.4, -0.2) is 31.6 Å². The minimum atomic E-state index is -4.40. The summed E-state index contributed by atoms with van der Waals surface area (Å²) in [5.74, 6) is -4.25. The normalized spacial score (nSPS) is 17.7. The highest BCUT2D eigenvalue weighted by molar-refractivity contribution is 7.89. The number of piperidine rings is 1. The lowest BCUT2D eigenvalue weighted by molar-refractivity contribution is -0.120. The maximum Gasteiger partial charge on any atom is 0.248 e. The van der Waals surface area contributed by atoms with Crippen LogP contribution in [0.3, 0.4) is 0 Å². The number of sulfonamides is 1. The summed E-state index contributed by atoms with van der Waals surface area (Å²) in [6, 6.07) is 0.621. The van der Waals surface area contributed by atoms with Crippen LogP contribution < -0.4 is 0 Å². The van der Waals surface area contributed by atoms with Crippen LogP contribution >= 0.6 is 0 Å². The molecule has 0 aliphatic carbocycles. The predicted molar refractivity (Wildman–Crippen MR) is 59.3 cm³/mol. The number of hydrogen-bond donors (Lipinski definition) is 0. The van der Waals surface area contributed by atoms with Crippen LogP contribution in [0.1, 0.15) is 12.8 Å². The molecule has 0 aromatic heterocycles. The second-order valence-electron chi connectivity index (χ2n) is 4.14. The highest BCUT2D eigenvalue weighted by atomic mass is 32.2. The van der Waals surface area contributed by atoms with Gasteiger partial charge < -0.3 is 0 Å². The van der Waals surface area contributed by atoms with Crippen LogP contribution in [0.15, 0.2) is 17.0 Å². The Morgan fingerprint density at radius 3 is 1.95 bits per heavy atom. The largest absolute Gasteiger partial charge is 0.300 e. The van der Waals surface area contributed by atoms with Crippen molar-refractivity contribution >= 4 is 15.8 Å². The molecule has 2 rings (SSSR count). The first kappa shape index (κ1) is 14.0. The van der Waals surface area contributed by atoms with E-state index in [2.05, 4.69) is 0 Å². The zero-order chi connectivity index (χ0) is 14.2. The van der Waals surface area contributed by atoms with Crippen LogP contribution in [0.25, 0.3) is 0 Å². The number of carbonyl (C=O) groups excluding carboxylic acids is 1. The summed E-state index contributed by atoms with van der Waals surface area (Å²) in [7, 11) is -4.40. The smallest absolute Gasteiger partial charge is 0.248 e. The second-order valence-corrected chi connectivity index (χ2v) is 6.02. The second kappa shape index (κ2) is 4.93. The number of nitrogens with zero attached hydrogens (tertiary/aromatic N) is 1. The van der Waals surface area contributed by atoms with Crippen molar-refractivity contribution in [1.82, 2.24) is 4.31 Å². The maximum absolute atomic E-state index is 13.5. The van der Waals surface area contributed by atoms with Crippen molar-refractivity contribution in [2.75, 3.05) is 13.1 Å². The topological polar surface area (TPSA) is 54.5 Å². The Morgan fingerprint density at radius 2 is 1.47 bits per heavy atom. The van der Waals surface area contributed by atoms with Crippen LogP contribution in [0, 0.1) is 17.5 Å². The summed E-state index contributed by atoms with van der Waals surface area (Å²) < 4.78 is 64.7. The van der Waals surface area contributed by atoms with E-state index in [1.54, 1.807) is 0 Å². The van der Waals surface area contributed by atoms with Crippen molar-refractivity contribution < 1.29 is 26.4 Å². The molecule has 1 heterocycles. The van der Waals surface area contributed by atoms with E-state index in [4.69, 9.17) is 0 Å². The Labute approximate surface area is 107 Å². The Balaban J connectivity index is 2.43.